The molecule has 0 aromatic carbocycles. The van der Waals surface area contributed by atoms with Crippen LogP contribution in [-0.2, 0) is 0 Å². The van der Waals surface area contributed by atoms with Crippen molar-refractivity contribution in [2.24, 2.45) is 17.8 Å². The van der Waals surface area contributed by atoms with Gasteiger partial charge in [-0.15, -0.1) is 0 Å². The van der Waals surface area contributed by atoms with E-state index in [0.717, 1.165) is 18.3 Å². The standard InChI is InChI=1S/C10H20O/c1-7(2)9-5-4-6-10(11)8(9)3/h7-11H,4-6H2,1-3H3/t8-,9+,10+/m1/s1. The van der Waals surface area contributed by atoms with Crippen LogP contribution < -0.4 is 0 Å². The van der Waals surface area contributed by atoms with Gasteiger partial charge in [0.2, 0.25) is 0 Å². The van der Waals surface area contributed by atoms with Gasteiger partial charge in [-0.25, -0.2) is 0 Å². The molecule has 1 saturated carbocycles. The number of hydrogen-bond donors (Lipinski definition) is 1. The molecule has 1 fully saturated rings. The van der Waals surface area contributed by atoms with Gasteiger partial charge in [-0.2, -0.15) is 0 Å². The summed E-state index contributed by atoms with van der Waals surface area (Å²) in [5, 5.41) is 9.60. The molecule has 0 saturated heterocycles. The zero-order valence-corrected chi connectivity index (χ0v) is 7.88. The maximum absolute atomic E-state index is 9.60. The summed E-state index contributed by atoms with van der Waals surface area (Å²) in [6.07, 6.45) is 3.52. The third-order valence-electron chi connectivity index (χ3n) is 3.18. The fourth-order valence-corrected chi connectivity index (χ4v) is 2.31. The Kier molecular flexibility index (Phi) is 2.94. The van der Waals surface area contributed by atoms with Crippen molar-refractivity contribution in [3.8, 4) is 0 Å². The van der Waals surface area contributed by atoms with E-state index >= 15 is 0 Å². The fraction of sp³-hybridized carbons (Fsp3) is 1.00. The van der Waals surface area contributed by atoms with Crippen LogP contribution in [0.1, 0.15) is 40.0 Å². The first-order chi connectivity index (χ1) is 5.13. The summed E-state index contributed by atoms with van der Waals surface area (Å²) in [6, 6.07) is 0. The van der Waals surface area contributed by atoms with Crippen molar-refractivity contribution in [3.05, 3.63) is 0 Å². The summed E-state index contributed by atoms with van der Waals surface area (Å²) >= 11 is 0. The predicted octanol–water partition coefficient (Wildman–Crippen LogP) is 2.44. The minimum atomic E-state index is -0.0313. The van der Waals surface area contributed by atoms with Crippen LogP contribution in [0.4, 0.5) is 0 Å². The smallest absolute Gasteiger partial charge is 0.0568 e. The van der Waals surface area contributed by atoms with Gasteiger partial charge >= 0.3 is 0 Å². The monoisotopic (exact) mass is 156 g/mol. The van der Waals surface area contributed by atoms with Crippen LogP contribution >= 0.6 is 0 Å². The summed E-state index contributed by atoms with van der Waals surface area (Å²) in [4.78, 5) is 0. The molecule has 0 heterocycles. The average molecular weight is 156 g/mol. The summed E-state index contributed by atoms with van der Waals surface area (Å²) in [7, 11) is 0. The molecule has 1 aliphatic rings. The molecular formula is C10H20O. The van der Waals surface area contributed by atoms with E-state index in [1.807, 2.05) is 0 Å². The molecule has 1 heteroatoms. The zero-order valence-electron chi connectivity index (χ0n) is 7.88. The molecular weight excluding hydrogens is 136 g/mol. The first-order valence-electron chi connectivity index (χ1n) is 4.81. The lowest BCUT2D eigenvalue weighted by Gasteiger charge is -2.35. The molecule has 0 radical (unpaired) electrons. The lowest BCUT2D eigenvalue weighted by molar-refractivity contribution is 0.0261. The number of aliphatic hydroxyl groups is 1. The van der Waals surface area contributed by atoms with Crippen LogP contribution in [0.25, 0.3) is 0 Å². The van der Waals surface area contributed by atoms with E-state index in [2.05, 4.69) is 20.8 Å². The topological polar surface area (TPSA) is 20.2 Å². The van der Waals surface area contributed by atoms with Gasteiger partial charge in [0, 0.05) is 0 Å². The lowest BCUT2D eigenvalue weighted by atomic mass is 9.73. The Morgan fingerprint density at radius 2 is 1.91 bits per heavy atom. The second-order valence-corrected chi connectivity index (χ2v) is 4.27. The second-order valence-electron chi connectivity index (χ2n) is 4.27. The highest BCUT2D eigenvalue weighted by Crippen LogP contribution is 2.34. The van der Waals surface area contributed by atoms with E-state index in [1.54, 1.807) is 0 Å². The molecule has 0 spiro atoms. The van der Waals surface area contributed by atoms with Crippen molar-refractivity contribution in [3.63, 3.8) is 0 Å². The Hall–Kier alpha value is -0.0400. The number of hydrogen-bond acceptors (Lipinski definition) is 1. The Morgan fingerprint density at radius 3 is 2.36 bits per heavy atom. The van der Waals surface area contributed by atoms with Gasteiger partial charge in [0.05, 0.1) is 6.10 Å². The van der Waals surface area contributed by atoms with Crippen molar-refractivity contribution in [1.29, 1.82) is 0 Å². The van der Waals surface area contributed by atoms with Crippen molar-refractivity contribution >= 4 is 0 Å². The largest absolute Gasteiger partial charge is 0.393 e. The van der Waals surface area contributed by atoms with Crippen molar-refractivity contribution in [1.82, 2.24) is 0 Å². The van der Waals surface area contributed by atoms with Crippen LogP contribution in [0.2, 0.25) is 0 Å². The molecule has 3 atom stereocenters. The molecule has 0 aliphatic heterocycles. The second kappa shape index (κ2) is 3.57. The molecule has 1 nitrogen and oxygen atoms in total. The Bertz CT molecular complexity index is 120. The highest BCUT2D eigenvalue weighted by molar-refractivity contribution is 4.80. The molecule has 1 aliphatic carbocycles. The minimum Gasteiger partial charge on any atom is -0.393 e. The van der Waals surface area contributed by atoms with Gasteiger partial charge < -0.3 is 5.11 Å². The quantitative estimate of drug-likeness (QED) is 0.618. The maximum Gasteiger partial charge on any atom is 0.0568 e. The van der Waals surface area contributed by atoms with E-state index in [-0.39, 0.29) is 6.10 Å². The first kappa shape index (κ1) is 9.05. The average Bonchev–Trinajstić information content (AvgIpc) is 1.94. The molecule has 1 N–H and O–H groups in total. The van der Waals surface area contributed by atoms with Gasteiger partial charge in [-0.3, -0.25) is 0 Å². The minimum absolute atomic E-state index is 0.0313. The van der Waals surface area contributed by atoms with Crippen molar-refractivity contribution in [2.45, 2.75) is 46.1 Å². The third-order valence-corrected chi connectivity index (χ3v) is 3.18. The van der Waals surface area contributed by atoms with E-state index < -0.39 is 0 Å². The van der Waals surface area contributed by atoms with Gasteiger partial charge in [0.25, 0.3) is 0 Å². The van der Waals surface area contributed by atoms with Crippen molar-refractivity contribution < 1.29 is 5.11 Å². The molecule has 11 heavy (non-hydrogen) atoms. The SMILES string of the molecule is CC(C)[C@@H]1CCC[C@H](O)[C@@H]1C. The maximum atomic E-state index is 9.60. The lowest BCUT2D eigenvalue weighted by Crippen LogP contribution is -2.32. The fourth-order valence-electron chi connectivity index (χ4n) is 2.31. The predicted molar refractivity (Wildman–Crippen MR) is 47.3 cm³/mol. The van der Waals surface area contributed by atoms with Crippen LogP contribution in [0.15, 0.2) is 0 Å². The summed E-state index contributed by atoms with van der Waals surface area (Å²) < 4.78 is 0. The van der Waals surface area contributed by atoms with Gasteiger partial charge in [0.1, 0.15) is 0 Å². The van der Waals surface area contributed by atoms with E-state index in [9.17, 15) is 5.11 Å². The molecule has 0 amide bonds. The van der Waals surface area contributed by atoms with Crippen LogP contribution in [-0.4, -0.2) is 11.2 Å². The first-order valence-corrected chi connectivity index (χ1v) is 4.81. The van der Waals surface area contributed by atoms with Crippen molar-refractivity contribution in [2.75, 3.05) is 0 Å². The van der Waals surface area contributed by atoms with Gasteiger partial charge in [0.15, 0.2) is 0 Å². The summed E-state index contributed by atoms with van der Waals surface area (Å²) in [5.74, 6) is 2.00. The van der Waals surface area contributed by atoms with E-state index in [4.69, 9.17) is 0 Å². The molecule has 66 valence electrons. The van der Waals surface area contributed by atoms with Crippen LogP contribution in [0, 0.1) is 17.8 Å². The number of aliphatic hydroxyl groups excluding tert-OH is 1. The van der Waals surface area contributed by atoms with Crippen LogP contribution in [0.3, 0.4) is 0 Å². The van der Waals surface area contributed by atoms with Gasteiger partial charge in [-0.05, 0) is 30.6 Å². The van der Waals surface area contributed by atoms with E-state index in [0.29, 0.717) is 5.92 Å². The zero-order chi connectivity index (χ0) is 8.43. The highest BCUT2D eigenvalue weighted by Gasteiger charge is 2.29. The molecule has 0 bridgehead atoms. The highest BCUT2D eigenvalue weighted by atomic mass is 16.3. The molecule has 0 aromatic rings. The molecule has 1 rings (SSSR count). The summed E-state index contributed by atoms with van der Waals surface area (Å²) in [6.45, 7) is 6.72. The Balaban J connectivity index is 2.51. The molecule has 0 unspecified atom stereocenters. The Morgan fingerprint density at radius 1 is 1.27 bits per heavy atom. The number of rotatable bonds is 1. The van der Waals surface area contributed by atoms with E-state index in [1.165, 1.54) is 12.8 Å². The summed E-state index contributed by atoms with van der Waals surface area (Å²) in [5.41, 5.74) is 0. The normalized spacial score (nSPS) is 39.5. The third kappa shape index (κ3) is 1.96. The van der Waals surface area contributed by atoms with Gasteiger partial charge in [-0.1, -0.05) is 27.2 Å². The van der Waals surface area contributed by atoms with Crippen LogP contribution in [0.5, 0.6) is 0 Å². The Labute approximate surface area is 69.8 Å². The molecule has 0 aromatic heterocycles.